The Morgan fingerprint density at radius 2 is 2.11 bits per heavy atom. The summed E-state index contributed by atoms with van der Waals surface area (Å²) in [5, 5.41) is 8.28. The molecule has 0 radical (unpaired) electrons. The third kappa shape index (κ3) is 2.02. The number of carbonyl (C=O) groups is 1. The van der Waals surface area contributed by atoms with Gasteiger partial charge in [-0.05, 0) is 12.1 Å². The van der Waals surface area contributed by atoms with Crippen molar-refractivity contribution in [3.63, 3.8) is 0 Å². The van der Waals surface area contributed by atoms with Crippen molar-refractivity contribution in [2.75, 3.05) is 0 Å². The summed E-state index contributed by atoms with van der Waals surface area (Å²) in [5.41, 5.74) is -1.48. The van der Waals surface area contributed by atoms with Gasteiger partial charge in [0.1, 0.15) is 5.82 Å². The quantitative estimate of drug-likeness (QED) is 0.821. The van der Waals surface area contributed by atoms with Crippen molar-refractivity contribution in [3.8, 4) is 0 Å². The number of rotatable bonds is 3. The van der Waals surface area contributed by atoms with E-state index in [1.165, 1.54) is 12.1 Å². The number of H-pyrrole nitrogens is 1. The van der Waals surface area contributed by atoms with Crippen molar-refractivity contribution in [2.45, 2.75) is 13.0 Å². The van der Waals surface area contributed by atoms with Crippen molar-refractivity contribution in [2.24, 2.45) is 0 Å². The van der Waals surface area contributed by atoms with Crippen LogP contribution in [0.4, 0.5) is 4.39 Å². The molecule has 1 aromatic carbocycles. The molecular formula is C11H9FN2O4. The first kappa shape index (κ1) is 12.0. The topological polar surface area (TPSA) is 92.2 Å². The lowest BCUT2D eigenvalue weighted by Crippen LogP contribution is -2.36. The SMILES string of the molecule is O=C(O)CCn1c(=O)[nH]c2cccc(F)c2c1=O. The fraction of sp³-hybridized carbons (Fsp3) is 0.182. The average Bonchev–Trinajstić information content (AvgIpc) is 2.27. The van der Waals surface area contributed by atoms with Crippen LogP contribution in [0.1, 0.15) is 6.42 Å². The fourth-order valence-electron chi connectivity index (χ4n) is 1.67. The van der Waals surface area contributed by atoms with E-state index in [1.54, 1.807) is 0 Å². The Labute approximate surface area is 99.3 Å². The number of hydrogen-bond acceptors (Lipinski definition) is 3. The number of aliphatic carboxylic acids is 1. The van der Waals surface area contributed by atoms with Crippen molar-refractivity contribution >= 4 is 16.9 Å². The first-order valence-electron chi connectivity index (χ1n) is 5.14. The summed E-state index contributed by atoms with van der Waals surface area (Å²) in [6, 6.07) is 3.88. The Morgan fingerprint density at radius 3 is 2.78 bits per heavy atom. The number of carboxylic acid groups (broad SMARTS) is 1. The predicted octanol–water partition coefficient (Wildman–Crippen LogP) is 0.304. The van der Waals surface area contributed by atoms with Gasteiger partial charge < -0.3 is 10.1 Å². The predicted molar refractivity (Wildman–Crippen MR) is 61.0 cm³/mol. The second kappa shape index (κ2) is 4.44. The second-order valence-corrected chi connectivity index (χ2v) is 3.69. The molecule has 18 heavy (non-hydrogen) atoms. The van der Waals surface area contributed by atoms with Crippen LogP contribution in [-0.4, -0.2) is 20.6 Å². The molecule has 0 aliphatic carbocycles. The maximum absolute atomic E-state index is 13.5. The third-order valence-corrected chi connectivity index (χ3v) is 2.51. The molecule has 0 amide bonds. The summed E-state index contributed by atoms with van der Waals surface area (Å²) in [7, 11) is 0. The van der Waals surface area contributed by atoms with Gasteiger partial charge >= 0.3 is 11.7 Å². The van der Waals surface area contributed by atoms with E-state index in [1.807, 2.05) is 0 Å². The molecule has 94 valence electrons. The minimum absolute atomic E-state index is 0.0941. The molecule has 1 aromatic heterocycles. The number of nitrogens with zero attached hydrogens (tertiary/aromatic N) is 1. The van der Waals surface area contributed by atoms with E-state index < -0.39 is 23.0 Å². The molecule has 2 rings (SSSR count). The minimum atomic E-state index is -1.14. The monoisotopic (exact) mass is 252 g/mol. The van der Waals surface area contributed by atoms with Crippen molar-refractivity contribution in [1.29, 1.82) is 0 Å². The van der Waals surface area contributed by atoms with Gasteiger partial charge in [-0.15, -0.1) is 0 Å². The first-order valence-corrected chi connectivity index (χ1v) is 5.14. The van der Waals surface area contributed by atoms with Crippen LogP contribution in [0.25, 0.3) is 10.9 Å². The molecule has 0 fully saturated rings. The summed E-state index contributed by atoms with van der Waals surface area (Å²) in [6.07, 6.45) is -0.386. The molecule has 0 saturated carbocycles. The number of carboxylic acids is 1. The molecule has 0 atom stereocenters. The molecule has 0 unspecified atom stereocenters. The molecule has 1 heterocycles. The molecule has 2 aromatic rings. The summed E-state index contributed by atoms with van der Waals surface area (Å²) in [6.45, 7) is -0.298. The smallest absolute Gasteiger partial charge is 0.328 e. The maximum atomic E-state index is 13.5. The van der Waals surface area contributed by atoms with E-state index in [4.69, 9.17) is 5.11 Å². The van der Waals surface area contributed by atoms with Gasteiger partial charge in [0.2, 0.25) is 0 Å². The van der Waals surface area contributed by atoms with Crippen molar-refractivity contribution in [3.05, 3.63) is 44.9 Å². The Morgan fingerprint density at radius 1 is 1.39 bits per heavy atom. The van der Waals surface area contributed by atoms with Crippen LogP contribution < -0.4 is 11.2 Å². The van der Waals surface area contributed by atoms with Crippen LogP contribution in [0.15, 0.2) is 27.8 Å². The molecule has 0 spiro atoms. The molecule has 6 nitrogen and oxygen atoms in total. The van der Waals surface area contributed by atoms with Crippen LogP contribution in [0.3, 0.4) is 0 Å². The van der Waals surface area contributed by atoms with E-state index in [-0.39, 0.29) is 23.9 Å². The highest BCUT2D eigenvalue weighted by Gasteiger charge is 2.11. The molecule has 0 aliphatic rings. The van der Waals surface area contributed by atoms with E-state index in [9.17, 15) is 18.8 Å². The Balaban J connectivity index is 2.68. The van der Waals surface area contributed by atoms with Crippen LogP contribution in [0.2, 0.25) is 0 Å². The van der Waals surface area contributed by atoms with Crippen LogP contribution in [0, 0.1) is 5.82 Å². The van der Waals surface area contributed by atoms with Gasteiger partial charge in [0.15, 0.2) is 0 Å². The summed E-state index contributed by atoms with van der Waals surface area (Å²) >= 11 is 0. The normalized spacial score (nSPS) is 10.7. The number of nitrogens with one attached hydrogen (secondary N) is 1. The van der Waals surface area contributed by atoms with E-state index in [2.05, 4.69) is 4.98 Å². The lowest BCUT2D eigenvalue weighted by atomic mass is 10.2. The highest BCUT2D eigenvalue weighted by molar-refractivity contribution is 5.77. The zero-order valence-electron chi connectivity index (χ0n) is 9.14. The second-order valence-electron chi connectivity index (χ2n) is 3.69. The van der Waals surface area contributed by atoms with Gasteiger partial charge in [-0.2, -0.15) is 0 Å². The molecule has 0 saturated heterocycles. The zero-order valence-corrected chi connectivity index (χ0v) is 9.14. The van der Waals surface area contributed by atoms with Crippen LogP contribution >= 0.6 is 0 Å². The number of aromatic nitrogens is 2. The highest BCUT2D eigenvalue weighted by atomic mass is 19.1. The lowest BCUT2D eigenvalue weighted by Gasteiger charge is -2.05. The Kier molecular flexibility index (Phi) is 2.97. The van der Waals surface area contributed by atoms with Crippen molar-refractivity contribution in [1.82, 2.24) is 9.55 Å². The van der Waals surface area contributed by atoms with Gasteiger partial charge in [-0.25, -0.2) is 9.18 Å². The zero-order chi connectivity index (χ0) is 13.3. The van der Waals surface area contributed by atoms with Gasteiger partial charge in [-0.3, -0.25) is 14.2 Å². The molecular weight excluding hydrogens is 243 g/mol. The molecule has 0 aliphatic heterocycles. The Hall–Kier alpha value is -2.44. The Bertz CT molecular complexity index is 732. The van der Waals surface area contributed by atoms with Crippen LogP contribution in [-0.2, 0) is 11.3 Å². The van der Waals surface area contributed by atoms with E-state index in [0.717, 1.165) is 6.07 Å². The number of fused-ring (bicyclic) bond motifs is 1. The number of benzene rings is 1. The lowest BCUT2D eigenvalue weighted by molar-refractivity contribution is -0.137. The molecule has 0 bridgehead atoms. The number of hydrogen-bond donors (Lipinski definition) is 2. The summed E-state index contributed by atoms with van der Waals surface area (Å²) < 4.78 is 14.2. The summed E-state index contributed by atoms with van der Waals surface area (Å²) in [4.78, 5) is 36.2. The first-order chi connectivity index (χ1) is 8.50. The minimum Gasteiger partial charge on any atom is -0.481 e. The molecule has 2 N–H and O–H groups in total. The van der Waals surface area contributed by atoms with Gasteiger partial charge in [-0.1, -0.05) is 6.07 Å². The van der Waals surface area contributed by atoms with E-state index in [0.29, 0.717) is 4.57 Å². The van der Waals surface area contributed by atoms with Gasteiger partial charge in [0.05, 0.1) is 17.3 Å². The average molecular weight is 252 g/mol. The van der Waals surface area contributed by atoms with Gasteiger partial charge in [0, 0.05) is 6.54 Å². The standard InChI is InChI=1S/C11H9FN2O4/c12-6-2-1-3-7-9(6)10(17)14(11(18)13-7)5-4-8(15)16/h1-3H,4-5H2,(H,13,18)(H,15,16). The van der Waals surface area contributed by atoms with E-state index >= 15 is 0 Å². The number of aromatic amines is 1. The largest absolute Gasteiger partial charge is 0.481 e. The van der Waals surface area contributed by atoms with Crippen molar-refractivity contribution < 1.29 is 14.3 Å². The van der Waals surface area contributed by atoms with Crippen LogP contribution in [0.5, 0.6) is 0 Å². The number of halogens is 1. The third-order valence-electron chi connectivity index (χ3n) is 2.51. The molecule has 7 heteroatoms. The highest BCUT2D eigenvalue weighted by Crippen LogP contribution is 2.09. The fourth-order valence-corrected chi connectivity index (χ4v) is 1.67. The maximum Gasteiger partial charge on any atom is 0.328 e. The van der Waals surface area contributed by atoms with Gasteiger partial charge in [0.25, 0.3) is 5.56 Å². The summed E-state index contributed by atoms with van der Waals surface area (Å²) in [5.74, 6) is -1.90.